The van der Waals surface area contributed by atoms with Crippen LogP contribution in [0.15, 0.2) is 71.9 Å². The van der Waals surface area contributed by atoms with Crippen LogP contribution in [-0.4, -0.2) is 31.0 Å². The maximum absolute atomic E-state index is 12.3. The molecule has 162 valence electrons. The molecule has 0 aliphatic rings. The lowest BCUT2D eigenvalue weighted by Gasteiger charge is -2.06. The molecule has 0 atom stereocenters. The monoisotopic (exact) mass is 456 g/mol. The first kappa shape index (κ1) is 22.9. The van der Waals surface area contributed by atoms with Crippen LogP contribution in [0.5, 0.6) is 0 Å². The number of aliphatic carboxylic acids is 1. The number of rotatable bonds is 11. The standard InChI is InChI=1S/C23H24N2O4S2/c26-23(27)12-11-22-19(16-20(30-22)15-18-7-6-13-24-17-18)8-4-5-14-25-31(28,29)21-9-2-1-3-10-21/h1-3,6-7,9-13,16-17,25H,4-5,8,14-15H2,(H,26,27)/b12-11+. The van der Waals surface area contributed by atoms with E-state index in [1.165, 1.54) is 0 Å². The number of aryl methyl sites for hydroxylation is 1. The van der Waals surface area contributed by atoms with Crippen molar-refractivity contribution in [2.45, 2.75) is 30.6 Å². The molecule has 0 aliphatic carbocycles. The molecular formula is C23H24N2O4S2. The van der Waals surface area contributed by atoms with Gasteiger partial charge in [0.15, 0.2) is 0 Å². The number of carbonyl (C=O) groups is 1. The summed E-state index contributed by atoms with van der Waals surface area (Å²) in [5.41, 5.74) is 2.17. The summed E-state index contributed by atoms with van der Waals surface area (Å²) in [6, 6.07) is 14.3. The van der Waals surface area contributed by atoms with Gasteiger partial charge >= 0.3 is 5.97 Å². The molecule has 3 rings (SSSR count). The maximum Gasteiger partial charge on any atom is 0.328 e. The first-order valence-corrected chi connectivity index (χ1v) is 12.2. The number of benzene rings is 1. The van der Waals surface area contributed by atoms with Gasteiger partial charge in [-0.05, 0) is 60.7 Å². The highest BCUT2D eigenvalue weighted by Gasteiger charge is 2.12. The van der Waals surface area contributed by atoms with Crippen LogP contribution in [0.3, 0.4) is 0 Å². The average Bonchev–Trinajstić information content (AvgIpc) is 3.14. The third-order valence-corrected chi connectivity index (χ3v) is 7.21. The molecular weight excluding hydrogens is 432 g/mol. The second-order valence-corrected chi connectivity index (χ2v) is 9.92. The summed E-state index contributed by atoms with van der Waals surface area (Å²) in [7, 11) is -3.49. The summed E-state index contributed by atoms with van der Waals surface area (Å²) in [5.74, 6) is -0.983. The van der Waals surface area contributed by atoms with E-state index in [1.54, 1.807) is 53.9 Å². The minimum absolute atomic E-state index is 0.258. The van der Waals surface area contributed by atoms with E-state index in [4.69, 9.17) is 5.11 Å². The Balaban J connectivity index is 1.58. The molecule has 0 saturated heterocycles. The highest BCUT2D eigenvalue weighted by Crippen LogP contribution is 2.27. The summed E-state index contributed by atoms with van der Waals surface area (Å²) >= 11 is 1.57. The van der Waals surface area contributed by atoms with Crippen LogP contribution in [0.2, 0.25) is 0 Å². The number of carboxylic acid groups (broad SMARTS) is 1. The first-order chi connectivity index (χ1) is 14.9. The Morgan fingerprint density at radius 1 is 1.13 bits per heavy atom. The van der Waals surface area contributed by atoms with Crippen molar-refractivity contribution in [2.24, 2.45) is 0 Å². The average molecular weight is 457 g/mol. The van der Waals surface area contributed by atoms with Crippen molar-refractivity contribution in [3.63, 3.8) is 0 Å². The second kappa shape index (κ2) is 11.0. The number of sulfonamides is 1. The van der Waals surface area contributed by atoms with E-state index in [0.717, 1.165) is 46.2 Å². The third-order valence-electron chi connectivity index (χ3n) is 4.59. The highest BCUT2D eigenvalue weighted by atomic mass is 32.2. The van der Waals surface area contributed by atoms with Crippen LogP contribution in [-0.2, 0) is 27.7 Å². The molecule has 6 nitrogen and oxygen atoms in total. The van der Waals surface area contributed by atoms with E-state index in [2.05, 4.69) is 15.8 Å². The Bertz CT molecular complexity index is 1120. The molecule has 0 unspecified atom stereocenters. The van der Waals surface area contributed by atoms with Crippen molar-refractivity contribution in [3.8, 4) is 0 Å². The lowest BCUT2D eigenvalue weighted by Crippen LogP contribution is -2.24. The van der Waals surface area contributed by atoms with Crippen molar-refractivity contribution in [1.82, 2.24) is 9.71 Å². The Hall–Kier alpha value is -2.81. The molecule has 2 heterocycles. The number of carboxylic acids is 1. The number of hydrogen-bond donors (Lipinski definition) is 2. The largest absolute Gasteiger partial charge is 0.478 e. The van der Waals surface area contributed by atoms with Crippen molar-refractivity contribution >= 4 is 33.4 Å². The number of thiophene rings is 1. The zero-order valence-corrected chi connectivity index (χ0v) is 18.5. The minimum Gasteiger partial charge on any atom is -0.478 e. The van der Waals surface area contributed by atoms with Gasteiger partial charge < -0.3 is 5.11 Å². The van der Waals surface area contributed by atoms with Gasteiger partial charge in [0, 0.05) is 41.2 Å². The lowest BCUT2D eigenvalue weighted by molar-refractivity contribution is -0.131. The lowest BCUT2D eigenvalue weighted by atomic mass is 10.1. The number of nitrogens with zero attached hydrogens (tertiary/aromatic N) is 1. The zero-order chi connectivity index (χ0) is 22.1. The van der Waals surface area contributed by atoms with Gasteiger partial charge in [-0.3, -0.25) is 4.98 Å². The zero-order valence-electron chi connectivity index (χ0n) is 16.9. The number of aromatic nitrogens is 1. The Kier molecular flexibility index (Phi) is 8.11. The fourth-order valence-electron chi connectivity index (χ4n) is 3.11. The topological polar surface area (TPSA) is 96.4 Å². The molecule has 0 saturated carbocycles. The summed E-state index contributed by atoms with van der Waals surface area (Å²) in [6.07, 6.45) is 9.29. The fourth-order valence-corrected chi connectivity index (χ4v) is 5.35. The highest BCUT2D eigenvalue weighted by molar-refractivity contribution is 7.89. The van der Waals surface area contributed by atoms with E-state index in [-0.39, 0.29) is 4.90 Å². The van der Waals surface area contributed by atoms with E-state index in [0.29, 0.717) is 13.0 Å². The normalized spacial score (nSPS) is 11.7. The van der Waals surface area contributed by atoms with Crippen molar-refractivity contribution in [2.75, 3.05) is 6.54 Å². The van der Waals surface area contributed by atoms with Crippen LogP contribution in [0.4, 0.5) is 0 Å². The molecule has 0 spiro atoms. The Morgan fingerprint density at radius 3 is 2.65 bits per heavy atom. The van der Waals surface area contributed by atoms with Gasteiger partial charge in [-0.1, -0.05) is 24.3 Å². The van der Waals surface area contributed by atoms with Gasteiger partial charge in [-0.25, -0.2) is 17.9 Å². The molecule has 0 aliphatic heterocycles. The SMILES string of the molecule is O=C(O)/C=C/c1sc(Cc2cccnc2)cc1CCCCNS(=O)(=O)c1ccccc1. The fraction of sp³-hybridized carbons (Fsp3) is 0.217. The van der Waals surface area contributed by atoms with Crippen LogP contribution in [0, 0.1) is 0 Å². The van der Waals surface area contributed by atoms with E-state index < -0.39 is 16.0 Å². The molecule has 31 heavy (non-hydrogen) atoms. The van der Waals surface area contributed by atoms with Crippen LogP contribution in [0.1, 0.15) is 33.7 Å². The number of pyridine rings is 1. The third kappa shape index (κ3) is 7.13. The quantitative estimate of drug-likeness (QED) is 0.334. The summed E-state index contributed by atoms with van der Waals surface area (Å²) in [5, 5.41) is 8.97. The van der Waals surface area contributed by atoms with Crippen LogP contribution < -0.4 is 4.72 Å². The Labute approximate surface area is 186 Å². The van der Waals surface area contributed by atoms with Gasteiger partial charge in [0.05, 0.1) is 4.90 Å². The van der Waals surface area contributed by atoms with Crippen molar-refractivity contribution in [1.29, 1.82) is 0 Å². The molecule has 0 fully saturated rings. The van der Waals surface area contributed by atoms with Gasteiger partial charge in [0.2, 0.25) is 10.0 Å². The van der Waals surface area contributed by atoms with Crippen molar-refractivity contribution < 1.29 is 18.3 Å². The molecule has 0 radical (unpaired) electrons. The molecule has 1 aromatic carbocycles. The first-order valence-electron chi connectivity index (χ1n) is 9.90. The molecule has 8 heteroatoms. The minimum atomic E-state index is -3.49. The number of hydrogen-bond acceptors (Lipinski definition) is 5. The van der Waals surface area contributed by atoms with Gasteiger partial charge in [0.25, 0.3) is 0 Å². The second-order valence-electron chi connectivity index (χ2n) is 6.98. The smallest absolute Gasteiger partial charge is 0.328 e. The van der Waals surface area contributed by atoms with Crippen LogP contribution in [0.25, 0.3) is 6.08 Å². The summed E-state index contributed by atoms with van der Waals surface area (Å²) in [4.78, 5) is 17.4. The van der Waals surface area contributed by atoms with Crippen molar-refractivity contribution in [3.05, 3.63) is 87.9 Å². The molecule has 0 bridgehead atoms. The summed E-state index contributed by atoms with van der Waals surface area (Å²) < 4.78 is 27.2. The van der Waals surface area contributed by atoms with E-state index in [1.807, 2.05) is 18.3 Å². The molecule has 2 aromatic heterocycles. The van der Waals surface area contributed by atoms with E-state index >= 15 is 0 Å². The van der Waals surface area contributed by atoms with Crippen LogP contribution >= 0.6 is 11.3 Å². The van der Waals surface area contributed by atoms with Gasteiger partial charge in [-0.2, -0.15) is 0 Å². The molecule has 3 aromatic rings. The predicted octanol–water partition coefficient (Wildman–Crippen LogP) is 4.13. The van der Waals surface area contributed by atoms with Gasteiger partial charge in [-0.15, -0.1) is 11.3 Å². The molecule has 2 N–H and O–H groups in total. The van der Waals surface area contributed by atoms with E-state index in [9.17, 15) is 13.2 Å². The summed E-state index contributed by atoms with van der Waals surface area (Å²) in [6.45, 7) is 0.351. The predicted molar refractivity (Wildman–Crippen MR) is 123 cm³/mol. The number of unbranched alkanes of at least 4 members (excludes halogenated alkanes) is 1. The number of nitrogens with one attached hydrogen (secondary N) is 1. The maximum atomic E-state index is 12.3. The molecule has 0 amide bonds. The Morgan fingerprint density at radius 2 is 1.94 bits per heavy atom. The van der Waals surface area contributed by atoms with Gasteiger partial charge in [0.1, 0.15) is 0 Å².